The summed E-state index contributed by atoms with van der Waals surface area (Å²) in [5.74, 6) is -0.769. The number of nitrogens with one attached hydrogen (secondary N) is 2. The number of carbonyl (C=O) groups excluding carboxylic acids is 1. The van der Waals surface area contributed by atoms with Crippen LogP contribution in [0.2, 0.25) is 0 Å². The quantitative estimate of drug-likeness (QED) is 0.484. The Balaban J connectivity index is 2.26. The molecule has 130 valence electrons. The van der Waals surface area contributed by atoms with Gasteiger partial charge < -0.3 is 14.8 Å². The number of benzene rings is 2. The number of rotatable bonds is 5. The van der Waals surface area contributed by atoms with Crippen molar-refractivity contribution in [1.29, 1.82) is 5.41 Å². The molecule has 2 aromatic rings. The van der Waals surface area contributed by atoms with Crippen LogP contribution in [-0.2, 0) is 6.61 Å². The Hall–Kier alpha value is -2.48. The minimum Gasteiger partial charge on any atom is -0.496 e. The van der Waals surface area contributed by atoms with E-state index in [-0.39, 0.29) is 23.1 Å². The first kappa shape index (κ1) is 18.9. The maximum Gasteiger partial charge on any atom is 0.261 e. The number of carbonyl (C=O) groups is 1. The van der Waals surface area contributed by atoms with Crippen LogP contribution in [0.25, 0.3) is 0 Å². The van der Waals surface area contributed by atoms with Gasteiger partial charge in [-0.05, 0) is 24.5 Å². The summed E-state index contributed by atoms with van der Waals surface area (Å²) in [4.78, 5) is 12.2. The molecule has 0 unspecified atom stereocenters. The first-order valence-electron chi connectivity index (χ1n) is 7.45. The minimum atomic E-state index is -0.644. The van der Waals surface area contributed by atoms with Gasteiger partial charge in [-0.15, -0.1) is 0 Å². The van der Waals surface area contributed by atoms with Crippen LogP contribution in [0.1, 0.15) is 15.9 Å². The van der Waals surface area contributed by atoms with Gasteiger partial charge in [0.2, 0.25) is 0 Å². The van der Waals surface area contributed by atoms with Crippen LogP contribution >= 0.6 is 11.8 Å². The molecule has 0 heterocycles. The Labute approximate surface area is 150 Å². The molecule has 0 aliphatic rings. The molecule has 0 spiro atoms. The highest BCUT2D eigenvalue weighted by molar-refractivity contribution is 8.13. The minimum absolute atomic E-state index is 0.0273. The number of thioether (sulfide) groups is 1. The molecule has 2 N–H and O–H groups in total. The molecule has 5 nitrogen and oxygen atoms in total. The SMILES string of the molecule is Bc1ccc(OC)c(COc2c(F)cccc2C(=O)NC(=N)SC)c1. The molecule has 0 fully saturated rings. The molecule has 0 aliphatic heterocycles. The van der Waals surface area contributed by atoms with E-state index in [4.69, 9.17) is 14.9 Å². The maximum absolute atomic E-state index is 14.2. The molecule has 1 amide bonds. The number of halogens is 1. The average molecular weight is 360 g/mol. The van der Waals surface area contributed by atoms with Gasteiger partial charge in [-0.3, -0.25) is 10.2 Å². The monoisotopic (exact) mass is 360 g/mol. The molecule has 0 aromatic heterocycles. The Bertz CT molecular complexity index is 801. The Kier molecular flexibility index (Phi) is 6.47. The fourth-order valence-electron chi connectivity index (χ4n) is 2.23. The molecule has 2 aromatic carbocycles. The molecule has 2 rings (SSSR count). The van der Waals surface area contributed by atoms with Gasteiger partial charge in [0.05, 0.1) is 12.7 Å². The van der Waals surface area contributed by atoms with E-state index in [2.05, 4.69) is 5.32 Å². The lowest BCUT2D eigenvalue weighted by atomic mass is 9.94. The normalized spacial score (nSPS) is 10.2. The van der Waals surface area contributed by atoms with Crippen molar-refractivity contribution in [2.24, 2.45) is 0 Å². The zero-order chi connectivity index (χ0) is 18.4. The number of amides is 1. The fraction of sp³-hybridized carbons (Fsp3) is 0.176. The lowest BCUT2D eigenvalue weighted by molar-refractivity contribution is 0.0972. The maximum atomic E-state index is 14.2. The van der Waals surface area contributed by atoms with E-state index in [9.17, 15) is 9.18 Å². The predicted octanol–water partition coefficient (Wildman–Crippen LogP) is 1.70. The average Bonchev–Trinajstić information content (AvgIpc) is 2.60. The van der Waals surface area contributed by atoms with E-state index in [1.165, 1.54) is 18.2 Å². The third-order valence-electron chi connectivity index (χ3n) is 3.45. The number of para-hydroxylation sites is 1. The van der Waals surface area contributed by atoms with E-state index in [0.29, 0.717) is 5.75 Å². The fourth-order valence-corrected chi connectivity index (χ4v) is 2.42. The lowest BCUT2D eigenvalue weighted by Gasteiger charge is -2.14. The molecular formula is C17H18BFN2O3S. The number of ether oxygens (including phenoxy) is 2. The molecule has 0 aliphatic carbocycles. The molecule has 0 bridgehead atoms. The first-order chi connectivity index (χ1) is 12.0. The van der Waals surface area contributed by atoms with Gasteiger partial charge in [-0.25, -0.2) is 4.39 Å². The van der Waals surface area contributed by atoms with Crippen LogP contribution in [0.4, 0.5) is 4.39 Å². The van der Waals surface area contributed by atoms with Crippen molar-refractivity contribution < 1.29 is 18.7 Å². The molecular weight excluding hydrogens is 342 g/mol. The number of methoxy groups -OCH3 is 1. The highest BCUT2D eigenvalue weighted by Crippen LogP contribution is 2.25. The predicted molar refractivity (Wildman–Crippen MR) is 101 cm³/mol. The van der Waals surface area contributed by atoms with Crippen molar-refractivity contribution in [3.63, 3.8) is 0 Å². The first-order valence-corrected chi connectivity index (χ1v) is 8.67. The second kappa shape index (κ2) is 8.57. The lowest BCUT2D eigenvalue weighted by Crippen LogP contribution is -2.28. The van der Waals surface area contributed by atoms with Crippen molar-refractivity contribution in [3.8, 4) is 11.5 Å². The Morgan fingerprint density at radius 3 is 2.80 bits per heavy atom. The largest absolute Gasteiger partial charge is 0.496 e. The summed E-state index contributed by atoms with van der Waals surface area (Å²) in [7, 11) is 3.48. The van der Waals surface area contributed by atoms with Crippen molar-refractivity contribution >= 4 is 36.1 Å². The highest BCUT2D eigenvalue weighted by Gasteiger charge is 2.18. The topological polar surface area (TPSA) is 71.4 Å². The molecule has 25 heavy (non-hydrogen) atoms. The van der Waals surface area contributed by atoms with Crippen LogP contribution < -0.4 is 20.3 Å². The van der Waals surface area contributed by atoms with Gasteiger partial charge in [0.15, 0.2) is 16.7 Å². The van der Waals surface area contributed by atoms with Gasteiger partial charge in [0, 0.05) is 5.56 Å². The third-order valence-corrected chi connectivity index (χ3v) is 3.96. The summed E-state index contributed by atoms with van der Waals surface area (Å²) < 4.78 is 25.1. The second-order valence-electron chi connectivity index (χ2n) is 5.21. The van der Waals surface area contributed by atoms with E-state index < -0.39 is 11.7 Å². The van der Waals surface area contributed by atoms with Crippen LogP contribution in [0.3, 0.4) is 0 Å². The number of hydrogen-bond acceptors (Lipinski definition) is 5. The smallest absolute Gasteiger partial charge is 0.261 e. The number of hydrogen-bond donors (Lipinski definition) is 2. The van der Waals surface area contributed by atoms with E-state index in [1.54, 1.807) is 13.4 Å². The van der Waals surface area contributed by atoms with Crippen LogP contribution in [0.15, 0.2) is 36.4 Å². The van der Waals surface area contributed by atoms with Gasteiger partial charge >= 0.3 is 0 Å². The zero-order valence-corrected chi connectivity index (χ0v) is 15.0. The molecule has 0 saturated heterocycles. The van der Waals surface area contributed by atoms with Crippen molar-refractivity contribution in [2.75, 3.05) is 13.4 Å². The van der Waals surface area contributed by atoms with E-state index >= 15 is 0 Å². The summed E-state index contributed by atoms with van der Waals surface area (Å²) >= 11 is 1.07. The third kappa shape index (κ3) is 4.76. The van der Waals surface area contributed by atoms with Gasteiger partial charge in [0.1, 0.15) is 20.2 Å². The summed E-state index contributed by atoms with van der Waals surface area (Å²) in [5, 5.41) is 9.89. The van der Waals surface area contributed by atoms with Gasteiger partial charge in [-0.2, -0.15) is 0 Å². The molecule has 0 radical (unpaired) electrons. The Morgan fingerprint density at radius 1 is 1.36 bits per heavy atom. The van der Waals surface area contributed by atoms with Crippen LogP contribution in [-0.4, -0.2) is 32.3 Å². The van der Waals surface area contributed by atoms with Crippen molar-refractivity contribution in [2.45, 2.75) is 6.61 Å². The molecule has 0 saturated carbocycles. The van der Waals surface area contributed by atoms with Crippen LogP contribution in [0.5, 0.6) is 11.5 Å². The molecule has 0 atom stereocenters. The molecule has 8 heteroatoms. The van der Waals surface area contributed by atoms with Gasteiger partial charge in [0.25, 0.3) is 5.91 Å². The summed E-state index contributed by atoms with van der Waals surface area (Å²) in [5.41, 5.74) is 1.79. The summed E-state index contributed by atoms with van der Waals surface area (Å²) in [6.45, 7) is 0.0477. The standard InChI is InChI=1S/C17H18BFN2O3S/c1-23-14-7-6-11(18)8-10(14)9-24-15-12(4-3-5-13(15)19)16(22)21-17(20)25-2/h3-8H,9,18H2,1-2H3,(H2,20,21,22). The zero-order valence-electron chi connectivity index (χ0n) is 14.2. The summed E-state index contributed by atoms with van der Waals surface area (Å²) in [6.07, 6.45) is 1.66. The number of amidine groups is 1. The highest BCUT2D eigenvalue weighted by atomic mass is 32.2. The van der Waals surface area contributed by atoms with Gasteiger partial charge in [-0.1, -0.05) is 35.4 Å². The Morgan fingerprint density at radius 2 is 2.12 bits per heavy atom. The van der Waals surface area contributed by atoms with Crippen molar-refractivity contribution in [3.05, 3.63) is 53.3 Å². The summed E-state index contributed by atoms with van der Waals surface area (Å²) in [6, 6.07) is 9.69. The van der Waals surface area contributed by atoms with E-state index in [1.807, 2.05) is 26.0 Å². The van der Waals surface area contributed by atoms with Crippen molar-refractivity contribution in [1.82, 2.24) is 5.32 Å². The van der Waals surface area contributed by atoms with E-state index in [0.717, 1.165) is 22.8 Å². The second-order valence-corrected chi connectivity index (χ2v) is 6.02. The van der Waals surface area contributed by atoms with Crippen LogP contribution in [0, 0.1) is 11.2 Å².